The molecular weight excluding hydrogens is 389 g/mol. The molecule has 0 atom stereocenters. The molecule has 0 spiro atoms. The fraction of sp³-hybridized carbons (Fsp3) is 0. The number of hydrogen-bond acceptors (Lipinski definition) is 5. The first kappa shape index (κ1) is 17.3. The van der Waals surface area contributed by atoms with Crippen LogP contribution in [0.4, 0.5) is 0 Å². The number of primary amides is 1. The number of ether oxygens (including phenoxy) is 1. The van der Waals surface area contributed by atoms with Gasteiger partial charge >= 0.3 is 0 Å². The van der Waals surface area contributed by atoms with E-state index in [0.29, 0.717) is 44.3 Å². The van der Waals surface area contributed by atoms with Gasteiger partial charge in [-0.05, 0) is 48.5 Å². The molecule has 0 aliphatic carbocycles. The summed E-state index contributed by atoms with van der Waals surface area (Å²) in [5.41, 5.74) is 6.84. The molecule has 2 aromatic carbocycles. The number of aromatic nitrogens is 4. The second kappa shape index (κ2) is 6.86. The number of benzene rings is 2. The molecule has 9 heteroatoms. The molecule has 0 radical (unpaired) electrons. The lowest BCUT2D eigenvalue weighted by molar-refractivity contribution is 0.100. The van der Waals surface area contributed by atoms with Crippen molar-refractivity contribution in [3.8, 4) is 23.0 Å². The van der Waals surface area contributed by atoms with Crippen LogP contribution in [0, 0.1) is 0 Å². The van der Waals surface area contributed by atoms with E-state index in [1.807, 2.05) is 0 Å². The molecule has 134 valence electrons. The normalized spacial score (nSPS) is 10.9. The van der Waals surface area contributed by atoms with E-state index >= 15 is 0 Å². The van der Waals surface area contributed by atoms with E-state index in [9.17, 15) is 4.79 Å². The Morgan fingerprint density at radius 2 is 1.67 bits per heavy atom. The van der Waals surface area contributed by atoms with Crippen LogP contribution in [-0.4, -0.2) is 25.7 Å². The Bertz CT molecular complexity index is 1140. The average molecular weight is 400 g/mol. The minimum absolute atomic E-state index is 0.323. The van der Waals surface area contributed by atoms with Crippen molar-refractivity contribution in [2.45, 2.75) is 0 Å². The van der Waals surface area contributed by atoms with Gasteiger partial charge in [0.05, 0.1) is 0 Å². The Balaban J connectivity index is 1.70. The molecule has 7 nitrogen and oxygen atoms in total. The molecule has 0 saturated carbocycles. The second-order valence-electron chi connectivity index (χ2n) is 5.61. The van der Waals surface area contributed by atoms with Crippen LogP contribution in [-0.2, 0) is 0 Å². The Labute approximate surface area is 163 Å². The fourth-order valence-corrected chi connectivity index (χ4v) is 3.02. The minimum Gasteiger partial charge on any atom is -0.438 e. The zero-order valence-electron chi connectivity index (χ0n) is 13.6. The van der Waals surface area contributed by atoms with Crippen LogP contribution in [0.2, 0.25) is 10.0 Å². The van der Waals surface area contributed by atoms with Crippen molar-refractivity contribution in [2.75, 3.05) is 0 Å². The lowest BCUT2D eigenvalue weighted by atomic mass is 10.2. The summed E-state index contributed by atoms with van der Waals surface area (Å²) >= 11 is 12.1. The smallest absolute Gasteiger partial charge is 0.248 e. The molecule has 4 rings (SSSR count). The first-order chi connectivity index (χ1) is 13.0. The summed E-state index contributed by atoms with van der Waals surface area (Å²) in [4.78, 5) is 11.1. The van der Waals surface area contributed by atoms with Crippen molar-refractivity contribution in [3.05, 3.63) is 70.2 Å². The van der Waals surface area contributed by atoms with Gasteiger partial charge in [-0.3, -0.25) is 4.79 Å². The molecular formula is C18H11Cl2N5O2. The summed E-state index contributed by atoms with van der Waals surface area (Å²) in [5, 5.41) is 13.6. The summed E-state index contributed by atoms with van der Waals surface area (Å²) in [6.45, 7) is 0. The number of carbonyl (C=O) groups excluding carboxylic acids is 1. The highest BCUT2D eigenvalue weighted by Crippen LogP contribution is 2.27. The topological polar surface area (TPSA) is 95.4 Å². The van der Waals surface area contributed by atoms with E-state index in [-0.39, 0.29) is 0 Å². The number of amides is 1. The maximum Gasteiger partial charge on any atom is 0.248 e. The molecule has 2 N–H and O–H groups in total. The largest absolute Gasteiger partial charge is 0.438 e. The van der Waals surface area contributed by atoms with Gasteiger partial charge in [0, 0.05) is 27.2 Å². The number of hydrogen-bond donors (Lipinski definition) is 1. The SMILES string of the molecule is NC(=O)c1ccc(Oc2ccc3nnc(-c4cc(Cl)cc(Cl)c4)n3n2)cc1. The highest BCUT2D eigenvalue weighted by molar-refractivity contribution is 6.35. The van der Waals surface area contributed by atoms with Crippen LogP contribution in [0.15, 0.2) is 54.6 Å². The highest BCUT2D eigenvalue weighted by Gasteiger charge is 2.12. The molecule has 0 bridgehead atoms. The summed E-state index contributed by atoms with van der Waals surface area (Å²) in [7, 11) is 0. The van der Waals surface area contributed by atoms with Crippen molar-refractivity contribution < 1.29 is 9.53 Å². The zero-order chi connectivity index (χ0) is 19.0. The third-order valence-corrected chi connectivity index (χ3v) is 4.16. The molecule has 0 saturated heterocycles. The van der Waals surface area contributed by atoms with Crippen molar-refractivity contribution in [1.29, 1.82) is 0 Å². The predicted molar refractivity (Wildman–Crippen MR) is 101 cm³/mol. The molecule has 1 amide bonds. The van der Waals surface area contributed by atoms with E-state index in [0.717, 1.165) is 0 Å². The number of rotatable bonds is 4. The summed E-state index contributed by atoms with van der Waals surface area (Å²) in [5.74, 6) is 0.801. The minimum atomic E-state index is -0.504. The lowest BCUT2D eigenvalue weighted by Gasteiger charge is -2.06. The second-order valence-corrected chi connectivity index (χ2v) is 6.49. The van der Waals surface area contributed by atoms with Gasteiger partial charge in [0.2, 0.25) is 11.8 Å². The number of halogens is 2. The maximum atomic E-state index is 11.1. The van der Waals surface area contributed by atoms with Gasteiger partial charge in [-0.2, -0.15) is 4.52 Å². The third-order valence-electron chi connectivity index (χ3n) is 3.72. The van der Waals surface area contributed by atoms with Gasteiger partial charge < -0.3 is 10.5 Å². The van der Waals surface area contributed by atoms with Crippen molar-refractivity contribution in [2.24, 2.45) is 5.73 Å². The summed E-state index contributed by atoms with van der Waals surface area (Å²) < 4.78 is 7.27. The predicted octanol–water partition coefficient (Wildman–Crippen LogP) is 3.99. The first-order valence-corrected chi connectivity index (χ1v) is 8.52. The van der Waals surface area contributed by atoms with E-state index in [2.05, 4.69) is 15.3 Å². The molecule has 2 heterocycles. The van der Waals surface area contributed by atoms with Crippen LogP contribution in [0.1, 0.15) is 10.4 Å². The maximum absolute atomic E-state index is 11.1. The standard InChI is InChI=1S/C18H11Cl2N5O2/c19-12-7-11(8-13(20)9-12)18-23-22-15-5-6-16(24-25(15)18)27-14-3-1-10(2-4-14)17(21)26/h1-9H,(H2,21,26). The number of nitrogens with two attached hydrogens (primary N) is 1. The van der Waals surface area contributed by atoms with E-state index in [4.69, 9.17) is 33.7 Å². The highest BCUT2D eigenvalue weighted by atomic mass is 35.5. The van der Waals surface area contributed by atoms with Gasteiger partial charge in [-0.1, -0.05) is 23.2 Å². The number of nitrogens with zero attached hydrogens (tertiary/aromatic N) is 4. The third kappa shape index (κ3) is 3.55. The van der Waals surface area contributed by atoms with E-state index < -0.39 is 5.91 Å². The quantitative estimate of drug-likeness (QED) is 0.559. The summed E-state index contributed by atoms with van der Waals surface area (Å²) in [6, 6.07) is 14.9. The Kier molecular flexibility index (Phi) is 4.39. The van der Waals surface area contributed by atoms with Gasteiger partial charge in [0.15, 0.2) is 11.5 Å². The van der Waals surface area contributed by atoms with Gasteiger partial charge in [-0.25, -0.2) is 0 Å². The van der Waals surface area contributed by atoms with Crippen LogP contribution in [0.5, 0.6) is 11.6 Å². The van der Waals surface area contributed by atoms with Crippen LogP contribution >= 0.6 is 23.2 Å². The molecule has 0 aliphatic rings. The monoisotopic (exact) mass is 399 g/mol. The van der Waals surface area contributed by atoms with Crippen LogP contribution in [0.3, 0.4) is 0 Å². The van der Waals surface area contributed by atoms with Crippen LogP contribution < -0.4 is 10.5 Å². The van der Waals surface area contributed by atoms with E-state index in [1.54, 1.807) is 54.6 Å². The average Bonchev–Trinajstić information content (AvgIpc) is 3.04. The van der Waals surface area contributed by atoms with Gasteiger partial charge in [0.25, 0.3) is 0 Å². The first-order valence-electron chi connectivity index (χ1n) is 7.76. The number of fused-ring (bicyclic) bond motifs is 1. The zero-order valence-corrected chi connectivity index (χ0v) is 15.1. The number of carbonyl (C=O) groups is 1. The Hall–Kier alpha value is -3.16. The fourth-order valence-electron chi connectivity index (χ4n) is 2.50. The Morgan fingerprint density at radius 1 is 0.963 bits per heavy atom. The lowest BCUT2D eigenvalue weighted by Crippen LogP contribution is -2.10. The van der Waals surface area contributed by atoms with Crippen LogP contribution in [0.25, 0.3) is 17.0 Å². The Morgan fingerprint density at radius 3 is 2.33 bits per heavy atom. The molecule has 2 aromatic heterocycles. The summed E-state index contributed by atoms with van der Waals surface area (Å²) in [6.07, 6.45) is 0. The molecule has 4 aromatic rings. The van der Waals surface area contributed by atoms with Gasteiger partial charge in [-0.15, -0.1) is 15.3 Å². The van der Waals surface area contributed by atoms with Crippen molar-refractivity contribution >= 4 is 34.8 Å². The van der Waals surface area contributed by atoms with Gasteiger partial charge in [0.1, 0.15) is 5.75 Å². The molecule has 27 heavy (non-hydrogen) atoms. The molecule has 0 fully saturated rings. The molecule has 0 aliphatic heterocycles. The van der Waals surface area contributed by atoms with Crippen molar-refractivity contribution in [1.82, 2.24) is 19.8 Å². The molecule has 0 unspecified atom stereocenters. The van der Waals surface area contributed by atoms with Crippen molar-refractivity contribution in [3.63, 3.8) is 0 Å². The van der Waals surface area contributed by atoms with E-state index in [1.165, 1.54) is 4.52 Å².